The standard InChI is InChI=1S/C16H22N4O3/c1-13(21)18-4-6-20(7-5-18)16(22)15-12-14(2-3-17-15)19-8-10-23-11-9-19/h2-3,12H,4-11H2,1H3. The van der Waals surface area contributed by atoms with E-state index in [2.05, 4.69) is 9.88 Å². The summed E-state index contributed by atoms with van der Waals surface area (Å²) in [6, 6.07) is 3.78. The molecule has 3 heterocycles. The second-order valence-corrected chi connectivity index (χ2v) is 5.80. The molecule has 0 spiro atoms. The average Bonchev–Trinajstić information content (AvgIpc) is 2.62. The molecule has 0 N–H and O–H groups in total. The van der Waals surface area contributed by atoms with Crippen molar-refractivity contribution in [1.82, 2.24) is 14.8 Å². The highest BCUT2D eigenvalue weighted by molar-refractivity contribution is 5.93. The van der Waals surface area contributed by atoms with E-state index in [0.717, 1.165) is 18.8 Å². The summed E-state index contributed by atoms with van der Waals surface area (Å²) in [6.07, 6.45) is 1.68. The van der Waals surface area contributed by atoms with Crippen molar-refractivity contribution in [2.45, 2.75) is 6.92 Å². The van der Waals surface area contributed by atoms with Gasteiger partial charge in [0.05, 0.1) is 13.2 Å². The van der Waals surface area contributed by atoms with E-state index in [1.54, 1.807) is 22.9 Å². The lowest BCUT2D eigenvalue weighted by atomic mass is 10.2. The largest absolute Gasteiger partial charge is 0.378 e. The number of carbonyl (C=O) groups is 2. The summed E-state index contributed by atoms with van der Waals surface area (Å²) in [7, 11) is 0. The number of amides is 2. The predicted octanol–water partition coefficient (Wildman–Crippen LogP) is 0.223. The molecule has 1 aromatic rings. The summed E-state index contributed by atoms with van der Waals surface area (Å²) in [6.45, 7) is 6.92. The summed E-state index contributed by atoms with van der Waals surface area (Å²) >= 11 is 0. The minimum absolute atomic E-state index is 0.0598. The number of aromatic nitrogens is 1. The Morgan fingerprint density at radius 2 is 1.70 bits per heavy atom. The van der Waals surface area contributed by atoms with E-state index in [1.807, 2.05) is 12.1 Å². The third-order valence-corrected chi connectivity index (χ3v) is 4.35. The Hall–Kier alpha value is -2.15. The second kappa shape index (κ2) is 6.95. The van der Waals surface area contributed by atoms with Crippen LogP contribution in [-0.2, 0) is 9.53 Å². The van der Waals surface area contributed by atoms with Gasteiger partial charge in [0.2, 0.25) is 5.91 Å². The minimum atomic E-state index is -0.0664. The molecule has 3 rings (SSSR count). The number of morpholine rings is 1. The van der Waals surface area contributed by atoms with Gasteiger partial charge in [-0.2, -0.15) is 0 Å². The zero-order valence-corrected chi connectivity index (χ0v) is 13.4. The SMILES string of the molecule is CC(=O)N1CCN(C(=O)c2cc(N3CCOCC3)ccn2)CC1. The molecule has 0 aliphatic carbocycles. The number of hydrogen-bond donors (Lipinski definition) is 0. The normalized spacial score (nSPS) is 18.9. The van der Waals surface area contributed by atoms with Gasteiger partial charge in [-0.05, 0) is 12.1 Å². The van der Waals surface area contributed by atoms with Crippen LogP contribution in [0.1, 0.15) is 17.4 Å². The fourth-order valence-electron chi connectivity index (χ4n) is 2.94. The molecule has 7 heteroatoms. The number of nitrogens with zero attached hydrogens (tertiary/aromatic N) is 4. The van der Waals surface area contributed by atoms with Crippen molar-refractivity contribution >= 4 is 17.5 Å². The quantitative estimate of drug-likeness (QED) is 0.780. The molecule has 2 amide bonds. The van der Waals surface area contributed by atoms with Gasteiger partial charge in [0, 0.05) is 58.1 Å². The Morgan fingerprint density at radius 1 is 1.04 bits per heavy atom. The van der Waals surface area contributed by atoms with Gasteiger partial charge in [0.25, 0.3) is 5.91 Å². The average molecular weight is 318 g/mol. The summed E-state index contributed by atoms with van der Waals surface area (Å²) in [5.74, 6) is -0.00662. The Balaban J connectivity index is 1.67. The Bertz CT molecular complexity index is 578. The lowest BCUT2D eigenvalue weighted by molar-refractivity contribution is -0.130. The lowest BCUT2D eigenvalue weighted by Gasteiger charge is -2.34. The van der Waals surface area contributed by atoms with Crippen LogP contribution in [0.2, 0.25) is 0 Å². The van der Waals surface area contributed by atoms with Gasteiger partial charge in [-0.1, -0.05) is 0 Å². The van der Waals surface area contributed by atoms with Crippen molar-refractivity contribution in [2.75, 3.05) is 57.4 Å². The number of piperazine rings is 1. The Labute approximate surface area is 135 Å². The molecule has 0 aromatic carbocycles. The van der Waals surface area contributed by atoms with Crippen molar-refractivity contribution < 1.29 is 14.3 Å². The van der Waals surface area contributed by atoms with Gasteiger partial charge in [0.1, 0.15) is 5.69 Å². The maximum atomic E-state index is 12.6. The third kappa shape index (κ3) is 3.61. The molecular formula is C16H22N4O3. The monoisotopic (exact) mass is 318 g/mol. The number of carbonyl (C=O) groups excluding carboxylic acids is 2. The van der Waals surface area contributed by atoms with Crippen molar-refractivity contribution in [3.05, 3.63) is 24.0 Å². The van der Waals surface area contributed by atoms with Crippen LogP contribution in [-0.4, -0.2) is 79.1 Å². The number of rotatable bonds is 2. The van der Waals surface area contributed by atoms with Crippen LogP contribution in [0.3, 0.4) is 0 Å². The number of ether oxygens (including phenoxy) is 1. The first-order valence-corrected chi connectivity index (χ1v) is 7.98. The predicted molar refractivity (Wildman–Crippen MR) is 85.4 cm³/mol. The fourth-order valence-corrected chi connectivity index (χ4v) is 2.94. The maximum absolute atomic E-state index is 12.6. The first-order chi connectivity index (χ1) is 11.1. The van der Waals surface area contributed by atoms with Crippen molar-refractivity contribution in [3.8, 4) is 0 Å². The summed E-state index contributed by atoms with van der Waals surface area (Å²) in [5.41, 5.74) is 1.47. The van der Waals surface area contributed by atoms with Gasteiger partial charge in [0.15, 0.2) is 0 Å². The van der Waals surface area contributed by atoms with E-state index in [0.29, 0.717) is 45.1 Å². The Morgan fingerprint density at radius 3 is 2.35 bits per heavy atom. The van der Waals surface area contributed by atoms with Crippen molar-refractivity contribution in [2.24, 2.45) is 0 Å². The highest BCUT2D eigenvalue weighted by Crippen LogP contribution is 2.17. The van der Waals surface area contributed by atoms with Gasteiger partial charge in [-0.3, -0.25) is 14.6 Å². The van der Waals surface area contributed by atoms with Crippen LogP contribution >= 0.6 is 0 Å². The van der Waals surface area contributed by atoms with Gasteiger partial charge < -0.3 is 19.4 Å². The number of pyridine rings is 1. The molecule has 7 nitrogen and oxygen atoms in total. The third-order valence-electron chi connectivity index (χ3n) is 4.35. The molecule has 0 radical (unpaired) electrons. The van der Waals surface area contributed by atoms with Crippen LogP contribution in [0.5, 0.6) is 0 Å². The van der Waals surface area contributed by atoms with Crippen LogP contribution in [0, 0.1) is 0 Å². The van der Waals surface area contributed by atoms with Crippen molar-refractivity contribution in [3.63, 3.8) is 0 Å². The van der Waals surface area contributed by atoms with E-state index in [4.69, 9.17) is 4.74 Å². The first kappa shape index (κ1) is 15.7. The summed E-state index contributed by atoms with van der Waals surface area (Å²) in [4.78, 5) is 34.0. The topological polar surface area (TPSA) is 66.0 Å². The van der Waals surface area contributed by atoms with Crippen LogP contribution < -0.4 is 4.90 Å². The van der Waals surface area contributed by atoms with Gasteiger partial charge in [-0.25, -0.2) is 0 Å². The molecule has 0 saturated carbocycles. The fraction of sp³-hybridized carbons (Fsp3) is 0.562. The second-order valence-electron chi connectivity index (χ2n) is 5.80. The molecule has 2 fully saturated rings. The van der Waals surface area contributed by atoms with Crippen LogP contribution in [0.25, 0.3) is 0 Å². The summed E-state index contributed by atoms with van der Waals surface area (Å²) < 4.78 is 5.36. The van der Waals surface area contributed by atoms with E-state index >= 15 is 0 Å². The molecule has 2 aliphatic rings. The zero-order valence-electron chi connectivity index (χ0n) is 13.4. The Kier molecular flexibility index (Phi) is 4.76. The van der Waals surface area contributed by atoms with E-state index < -0.39 is 0 Å². The molecule has 0 atom stereocenters. The molecule has 23 heavy (non-hydrogen) atoms. The molecular weight excluding hydrogens is 296 g/mol. The highest BCUT2D eigenvalue weighted by atomic mass is 16.5. The molecule has 124 valence electrons. The zero-order chi connectivity index (χ0) is 16.2. The highest BCUT2D eigenvalue weighted by Gasteiger charge is 2.24. The van der Waals surface area contributed by atoms with Crippen molar-refractivity contribution in [1.29, 1.82) is 0 Å². The van der Waals surface area contributed by atoms with Gasteiger partial charge >= 0.3 is 0 Å². The number of anilines is 1. The smallest absolute Gasteiger partial charge is 0.272 e. The van der Waals surface area contributed by atoms with Gasteiger partial charge in [-0.15, -0.1) is 0 Å². The summed E-state index contributed by atoms with van der Waals surface area (Å²) in [5, 5.41) is 0. The molecule has 2 saturated heterocycles. The molecule has 1 aromatic heterocycles. The van der Waals surface area contributed by atoms with E-state index in [9.17, 15) is 9.59 Å². The first-order valence-electron chi connectivity index (χ1n) is 7.98. The van der Waals surface area contributed by atoms with E-state index in [-0.39, 0.29) is 11.8 Å². The number of hydrogen-bond acceptors (Lipinski definition) is 5. The molecule has 0 bridgehead atoms. The lowest BCUT2D eigenvalue weighted by Crippen LogP contribution is -2.50. The molecule has 2 aliphatic heterocycles. The van der Waals surface area contributed by atoms with E-state index in [1.165, 1.54) is 0 Å². The van der Waals surface area contributed by atoms with Crippen LogP contribution in [0.4, 0.5) is 5.69 Å². The van der Waals surface area contributed by atoms with Crippen LogP contribution in [0.15, 0.2) is 18.3 Å². The minimum Gasteiger partial charge on any atom is -0.378 e. The maximum Gasteiger partial charge on any atom is 0.272 e. The molecule has 0 unspecified atom stereocenters.